The third-order valence-corrected chi connectivity index (χ3v) is 8.07. The molecular formula is C24H41N3O2S2. The summed E-state index contributed by atoms with van der Waals surface area (Å²) in [5.74, 6) is 0.142. The fraction of sp³-hybridized carbons (Fsp3) is 0.708. The number of hydrogen-bond donors (Lipinski definition) is 1. The second kappa shape index (κ2) is 14.7. The van der Waals surface area contributed by atoms with Crippen LogP contribution in [0.2, 0.25) is 0 Å². The van der Waals surface area contributed by atoms with Gasteiger partial charge in [-0.2, -0.15) is 0 Å². The highest BCUT2D eigenvalue weighted by Crippen LogP contribution is 2.15. The number of unbranched alkanes of at least 4 members (excludes halogenated alkanes) is 13. The molecular weight excluding hydrogens is 426 g/mol. The molecule has 5 nitrogen and oxygen atoms in total. The van der Waals surface area contributed by atoms with Gasteiger partial charge in [0.05, 0.1) is 16.0 Å². The van der Waals surface area contributed by atoms with Crippen LogP contribution in [0.5, 0.6) is 0 Å². The molecule has 0 fully saturated rings. The molecule has 1 aromatic heterocycles. The Morgan fingerprint density at radius 2 is 1.35 bits per heavy atom. The number of hydrogen-bond acceptors (Lipinski definition) is 4. The zero-order valence-corrected chi connectivity index (χ0v) is 21.1. The molecule has 0 saturated carbocycles. The van der Waals surface area contributed by atoms with E-state index in [-0.39, 0.29) is 5.75 Å². The summed E-state index contributed by atoms with van der Waals surface area (Å²) in [6.07, 6.45) is 17.6. The summed E-state index contributed by atoms with van der Waals surface area (Å²) in [5, 5.41) is 4.14. The van der Waals surface area contributed by atoms with Gasteiger partial charge in [-0.15, -0.1) is 5.10 Å². The zero-order chi connectivity index (χ0) is 22.4. The third kappa shape index (κ3) is 10.2. The van der Waals surface area contributed by atoms with Crippen molar-refractivity contribution >= 4 is 31.6 Å². The van der Waals surface area contributed by atoms with Crippen LogP contribution >= 0.6 is 11.3 Å². The third-order valence-electron chi connectivity index (χ3n) is 5.76. The molecule has 0 radical (unpaired) electrons. The monoisotopic (exact) mass is 467 g/mol. The fourth-order valence-corrected chi connectivity index (χ4v) is 5.77. The maximum Gasteiger partial charge on any atom is 0.247 e. The number of benzene rings is 1. The van der Waals surface area contributed by atoms with Crippen LogP contribution in [0.1, 0.15) is 96.8 Å². The SMILES string of the molecule is CCCCCCCCCCCCCCCCS(=O)(=O)NN=c1sc2ccccc2n1C. The first-order valence-corrected chi connectivity index (χ1v) is 14.6. The van der Waals surface area contributed by atoms with E-state index in [9.17, 15) is 8.42 Å². The maximum atomic E-state index is 12.2. The number of aromatic nitrogens is 1. The molecule has 2 aromatic rings. The Morgan fingerprint density at radius 3 is 1.90 bits per heavy atom. The zero-order valence-electron chi connectivity index (χ0n) is 19.4. The average molecular weight is 468 g/mol. The average Bonchev–Trinajstić information content (AvgIpc) is 3.08. The Kier molecular flexibility index (Phi) is 12.3. The van der Waals surface area contributed by atoms with E-state index in [1.54, 1.807) is 0 Å². The Morgan fingerprint density at radius 1 is 0.839 bits per heavy atom. The van der Waals surface area contributed by atoms with E-state index in [1.807, 2.05) is 35.9 Å². The van der Waals surface area contributed by atoms with Crippen molar-refractivity contribution in [3.05, 3.63) is 29.1 Å². The summed E-state index contributed by atoms with van der Waals surface area (Å²) in [7, 11) is -1.47. The molecule has 1 N–H and O–H groups in total. The van der Waals surface area contributed by atoms with Gasteiger partial charge in [0.1, 0.15) is 0 Å². The van der Waals surface area contributed by atoms with E-state index in [4.69, 9.17) is 0 Å². The number of para-hydroxylation sites is 1. The van der Waals surface area contributed by atoms with Gasteiger partial charge in [0.15, 0.2) is 0 Å². The van der Waals surface area contributed by atoms with Crippen molar-refractivity contribution < 1.29 is 8.42 Å². The summed E-state index contributed by atoms with van der Waals surface area (Å²) in [6, 6.07) is 7.97. The van der Waals surface area contributed by atoms with Crippen molar-refractivity contribution in [3.63, 3.8) is 0 Å². The van der Waals surface area contributed by atoms with E-state index < -0.39 is 10.0 Å². The van der Waals surface area contributed by atoms with Crippen molar-refractivity contribution in [3.8, 4) is 0 Å². The molecule has 0 atom stereocenters. The molecule has 1 aromatic carbocycles. The summed E-state index contributed by atoms with van der Waals surface area (Å²) in [4.78, 5) is 3.07. The van der Waals surface area contributed by atoms with Gasteiger partial charge in [0, 0.05) is 7.05 Å². The molecule has 0 unspecified atom stereocenters. The lowest BCUT2D eigenvalue weighted by Crippen LogP contribution is -2.25. The molecule has 0 spiro atoms. The van der Waals surface area contributed by atoms with Gasteiger partial charge in [-0.3, -0.25) is 0 Å². The van der Waals surface area contributed by atoms with Gasteiger partial charge >= 0.3 is 0 Å². The van der Waals surface area contributed by atoms with E-state index in [2.05, 4.69) is 16.9 Å². The quantitative estimate of drug-likeness (QED) is 0.214. The number of rotatable bonds is 17. The molecule has 2 rings (SSSR count). The minimum Gasteiger partial charge on any atom is -0.318 e. The van der Waals surface area contributed by atoms with Gasteiger partial charge in [0.2, 0.25) is 14.8 Å². The Labute approximate surface area is 193 Å². The Balaban J connectivity index is 1.52. The molecule has 7 heteroatoms. The summed E-state index contributed by atoms with van der Waals surface area (Å²) in [5.41, 5.74) is 1.05. The van der Waals surface area contributed by atoms with Crippen LogP contribution < -0.4 is 9.63 Å². The van der Waals surface area contributed by atoms with Crippen molar-refractivity contribution in [2.24, 2.45) is 12.1 Å². The highest BCUT2D eigenvalue weighted by molar-refractivity contribution is 7.89. The van der Waals surface area contributed by atoms with Crippen LogP contribution in [-0.2, 0) is 17.1 Å². The summed E-state index contributed by atoms with van der Waals surface area (Å²) in [6.45, 7) is 2.26. The predicted molar refractivity (Wildman–Crippen MR) is 134 cm³/mol. The summed E-state index contributed by atoms with van der Waals surface area (Å²) >= 11 is 1.48. The number of nitrogens with zero attached hydrogens (tertiary/aromatic N) is 2. The predicted octanol–water partition coefficient (Wildman–Crippen LogP) is 6.46. The van der Waals surface area contributed by atoms with Crippen LogP contribution in [0.15, 0.2) is 29.4 Å². The van der Waals surface area contributed by atoms with Gasteiger partial charge < -0.3 is 4.57 Å². The van der Waals surface area contributed by atoms with Crippen LogP contribution in [-0.4, -0.2) is 18.7 Å². The fourth-order valence-electron chi connectivity index (χ4n) is 3.83. The minimum atomic E-state index is -3.37. The normalized spacial score (nSPS) is 12.6. The van der Waals surface area contributed by atoms with Crippen molar-refractivity contribution in [1.29, 1.82) is 0 Å². The topological polar surface area (TPSA) is 63.5 Å². The number of sulfonamides is 1. The number of fused-ring (bicyclic) bond motifs is 1. The molecule has 0 saturated heterocycles. The first kappa shape index (κ1) is 25.9. The molecule has 0 amide bonds. The summed E-state index contributed by atoms with van der Waals surface area (Å²) < 4.78 is 27.5. The molecule has 176 valence electrons. The number of aryl methyl sites for hydroxylation is 1. The lowest BCUT2D eigenvalue weighted by Gasteiger charge is -2.04. The van der Waals surface area contributed by atoms with Crippen LogP contribution in [0.25, 0.3) is 10.2 Å². The van der Waals surface area contributed by atoms with Gasteiger partial charge in [-0.25, -0.2) is 13.2 Å². The van der Waals surface area contributed by atoms with Crippen molar-refractivity contribution in [2.45, 2.75) is 96.8 Å². The molecule has 0 aliphatic heterocycles. The molecule has 31 heavy (non-hydrogen) atoms. The second-order valence-corrected chi connectivity index (χ2v) is 11.4. The van der Waals surface area contributed by atoms with Crippen LogP contribution in [0.4, 0.5) is 0 Å². The second-order valence-electron chi connectivity index (χ2n) is 8.53. The maximum absolute atomic E-state index is 12.2. The van der Waals surface area contributed by atoms with Gasteiger partial charge in [0.25, 0.3) is 0 Å². The number of thiazole rings is 1. The molecule has 0 aliphatic rings. The lowest BCUT2D eigenvalue weighted by atomic mass is 10.0. The first-order chi connectivity index (χ1) is 15.0. The lowest BCUT2D eigenvalue weighted by molar-refractivity contribution is 0.536. The molecule has 0 bridgehead atoms. The molecule has 0 aliphatic carbocycles. The van der Waals surface area contributed by atoms with Crippen LogP contribution in [0, 0.1) is 0 Å². The standard InChI is InChI=1S/C24H41N3O2S2/c1-3-4-5-6-7-8-9-10-11-12-13-14-15-18-21-31(28,29)26-25-24-27(2)22-19-16-17-20-23(22)30-24/h16-17,19-20,26H,3-15,18,21H2,1-2H3. The van der Waals surface area contributed by atoms with E-state index in [0.717, 1.165) is 23.1 Å². The van der Waals surface area contributed by atoms with Crippen molar-refractivity contribution in [2.75, 3.05) is 5.75 Å². The Bertz CT molecular complexity index is 916. The first-order valence-electron chi connectivity index (χ1n) is 12.1. The van der Waals surface area contributed by atoms with Gasteiger partial charge in [-0.05, 0) is 18.6 Å². The number of nitrogens with one attached hydrogen (secondary N) is 1. The van der Waals surface area contributed by atoms with Crippen LogP contribution in [0.3, 0.4) is 0 Å². The highest BCUT2D eigenvalue weighted by Gasteiger charge is 2.09. The Hall–Kier alpha value is -1.34. The van der Waals surface area contributed by atoms with E-state index in [1.165, 1.54) is 82.0 Å². The van der Waals surface area contributed by atoms with Gasteiger partial charge in [-0.1, -0.05) is 114 Å². The largest absolute Gasteiger partial charge is 0.318 e. The van der Waals surface area contributed by atoms with E-state index in [0.29, 0.717) is 11.2 Å². The van der Waals surface area contributed by atoms with E-state index >= 15 is 0 Å². The molecule has 1 heterocycles. The smallest absolute Gasteiger partial charge is 0.247 e. The highest BCUT2D eigenvalue weighted by atomic mass is 32.2. The van der Waals surface area contributed by atoms with Crippen molar-refractivity contribution in [1.82, 2.24) is 9.40 Å². The minimum absolute atomic E-state index is 0.142.